The Morgan fingerprint density at radius 1 is 1.19 bits per heavy atom. The number of non-ortho nitro benzene ring substituents is 1. The molecule has 4 rings (SSSR count). The summed E-state index contributed by atoms with van der Waals surface area (Å²) in [5.74, 6) is 1.30. The molecule has 10 heteroatoms. The van der Waals surface area contributed by atoms with Gasteiger partial charge in [0.05, 0.1) is 27.6 Å². The van der Waals surface area contributed by atoms with Crippen molar-refractivity contribution >= 4 is 51.9 Å². The third-order valence-electron chi connectivity index (χ3n) is 4.28. The lowest BCUT2D eigenvalue weighted by atomic mass is 10.1. The molecule has 1 aliphatic rings. The first-order chi connectivity index (χ1) is 14.9. The first kappa shape index (κ1) is 20.7. The number of methoxy groups -OCH3 is 1. The Kier molecular flexibility index (Phi) is 5.79. The average molecular weight is 456 g/mol. The molecule has 1 aromatic heterocycles. The summed E-state index contributed by atoms with van der Waals surface area (Å²) in [5, 5.41) is 14.2. The van der Waals surface area contributed by atoms with Crippen LogP contribution in [0.4, 0.5) is 11.4 Å². The summed E-state index contributed by atoms with van der Waals surface area (Å²) in [6.45, 7) is 0. The quantitative estimate of drug-likeness (QED) is 0.313. The minimum absolute atomic E-state index is 0.106. The number of nitro groups is 1. The highest BCUT2D eigenvalue weighted by molar-refractivity contribution is 8.18. The topological polar surface area (TPSA) is 107 Å². The average Bonchev–Trinajstić information content (AvgIpc) is 3.35. The molecule has 1 fully saturated rings. The molecular formula is C21H14ClN3O5S. The fraction of sp³-hybridized carbons (Fsp3) is 0.0476. The molecule has 0 aliphatic carbocycles. The van der Waals surface area contributed by atoms with Gasteiger partial charge in [-0.2, -0.15) is 0 Å². The Labute approximate surface area is 185 Å². The second-order valence-corrected chi connectivity index (χ2v) is 7.74. The van der Waals surface area contributed by atoms with Gasteiger partial charge >= 0.3 is 0 Å². The van der Waals surface area contributed by atoms with Crippen molar-refractivity contribution in [3.63, 3.8) is 0 Å². The molecule has 8 nitrogen and oxygen atoms in total. The van der Waals surface area contributed by atoms with Crippen LogP contribution in [0.5, 0.6) is 5.75 Å². The second kappa shape index (κ2) is 8.66. The number of rotatable bonds is 5. The minimum Gasteiger partial charge on any atom is -0.497 e. The van der Waals surface area contributed by atoms with Crippen LogP contribution in [-0.2, 0) is 4.79 Å². The minimum atomic E-state index is -0.519. The van der Waals surface area contributed by atoms with Crippen LogP contribution in [0, 0.1) is 10.1 Å². The monoisotopic (exact) mass is 455 g/mol. The maximum absolute atomic E-state index is 12.3. The molecule has 1 aliphatic heterocycles. The Bertz CT molecular complexity index is 1230. The summed E-state index contributed by atoms with van der Waals surface area (Å²) in [7, 11) is 1.58. The Morgan fingerprint density at radius 2 is 1.97 bits per heavy atom. The third-order valence-corrected chi connectivity index (χ3v) is 5.51. The first-order valence-electron chi connectivity index (χ1n) is 8.91. The number of amides is 1. The largest absolute Gasteiger partial charge is 0.497 e. The Balaban J connectivity index is 1.53. The highest BCUT2D eigenvalue weighted by Gasteiger charge is 2.24. The van der Waals surface area contributed by atoms with Gasteiger partial charge in [0.2, 0.25) is 0 Å². The van der Waals surface area contributed by atoms with Crippen molar-refractivity contribution in [1.29, 1.82) is 0 Å². The lowest BCUT2D eigenvalue weighted by Crippen LogP contribution is -2.19. The highest BCUT2D eigenvalue weighted by Crippen LogP contribution is 2.34. The summed E-state index contributed by atoms with van der Waals surface area (Å²) in [5.41, 5.74) is 1.09. The molecular weight excluding hydrogens is 442 g/mol. The fourth-order valence-corrected chi connectivity index (χ4v) is 3.87. The zero-order valence-corrected chi connectivity index (χ0v) is 17.6. The van der Waals surface area contributed by atoms with Crippen molar-refractivity contribution < 1.29 is 18.9 Å². The molecule has 0 bridgehead atoms. The molecule has 31 heavy (non-hydrogen) atoms. The molecule has 1 saturated heterocycles. The van der Waals surface area contributed by atoms with Gasteiger partial charge in [-0.15, -0.1) is 0 Å². The summed E-state index contributed by atoms with van der Waals surface area (Å²) in [6.07, 6.45) is 1.60. The number of hydrogen-bond acceptors (Lipinski definition) is 7. The number of hydrogen-bond donors (Lipinski definition) is 1. The van der Waals surface area contributed by atoms with Crippen LogP contribution in [0.3, 0.4) is 0 Å². The van der Waals surface area contributed by atoms with E-state index < -0.39 is 4.92 Å². The van der Waals surface area contributed by atoms with Gasteiger partial charge in [0.15, 0.2) is 5.17 Å². The van der Waals surface area contributed by atoms with Crippen LogP contribution in [0.1, 0.15) is 5.76 Å². The Morgan fingerprint density at radius 3 is 2.65 bits per heavy atom. The number of thioether (sulfide) groups is 1. The van der Waals surface area contributed by atoms with Crippen molar-refractivity contribution in [2.45, 2.75) is 0 Å². The van der Waals surface area contributed by atoms with Crippen molar-refractivity contribution in [1.82, 2.24) is 5.32 Å². The molecule has 0 spiro atoms. The molecule has 2 aromatic carbocycles. The summed E-state index contributed by atoms with van der Waals surface area (Å²) in [4.78, 5) is 27.5. The van der Waals surface area contributed by atoms with Crippen molar-refractivity contribution in [3.05, 3.63) is 80.4 Å². The van der Waals surface area contributed by atoms with Crippen LogP contribution >= 0.6 is 23.4 Å². The van der Waals surface area contributed by atoms with Gasteiger partial charge in [-0.3, -0.25) is 14.9 Å². The van der Waals surface area contributed by atoms with E-state index >= 15 is 0 Å². The molecule has 156 valence electrons. The zero-order valence-electron chi connectivity index (χ0n) is 16.0. The van der Waals surface area contributed by atoms with Crippen LogP contribution in [0.2, 0.25) is 5.02 Å². The number of nitro benzene ring substituents is 1. The van der Waals surface area contributed by atoms with Crippen molar-refractivity contribution in [2.75, 3.05) is 7.11 Å². The lowest BCUT2D eigenvalue weighted by molar-refractivity contribution is -0.384. The van der Waals surface area contributed by atoms with Gasteiger partial charge in [-0.1, -0.05) is 11.6 Å². The molecule has 2 heterocycles. The number of halogens is 1. The number of furan rings is 1. The second-order valence-electron chi connectivity index (χ2n) is 6.30. The number of amidine groups is 1. The van der Waals surface area contributed by atoms with E-state index in [1.54, 1.807) is 49.6 Å². The number of nitrogens with zero attached hydrogens (tertiary/aromatic N) is 2. The first-order valence-corrected chi connectivity index (χ1v) is 10.1. The van der Waals surface area contributed by atoms with E-state index in [1.165, 1.54) is 30.0 Å². The van der Waals surface area contributed by atoms with E-state index in [-0.39, 0.29) is 16.6 Å². The smallest absolute Gasteiger partial charge is 0.270 e. The lowest BCUT2D eigenvalue weighted by Gasteiger charge is -2.00. The predicted molar refractivity (Wildman–Crippen MR) is 120 cm³/mol. The molecule has 0 atom stereocenters. The zero-order chi connectivity index (χ0) is 22.0. The maximum atomic E-state index is 12.3. The molecule has 1 N–H and O–H groups in total. The standard InChI is InChI=1S/C21H14ClN3O5S/c1-29-14-5-2-12(3-6-14)23-21-24-20(26)19(31-21)11-15-7-9-18(30-15)16-8-4-13(25(27)28)10-17(16)22/h2-11H,1H3,(H,23,24,26)/b19-11-. The van der Waals surface area contributed by atoms with Gasteiger partial charge in [0.1, 0.15) is 17.3 Å². The molecule has 3 aromatic rings. The normalized spacial score (nSPS) is 16.0. The molecule has 0 saturated carbocycles. The fourth-order valence-electron chi connectivity index (χ4n) is 2.78. The summed E-state index contributed by atoms with van der Waals surface area (Å²) in [6, 6.07) is 14.6. The van der Waals surface area contributed by atoms with E-state index in [0.29, 0.717) is 32.8 Å². The van der Waals surface area contributed by atoms with Crippen LogP contribution < -0.4 is 10.1 Å². The highest BCUT2D eigenvalue weighted by atomic mass is 35.5. The SMILES string of the molecule is COc1ccc(N=C2NC(=O)/C(=C/c3ccc(-c4ccc([N+](=O)[O-])cc4Cl)o3)S2)cc1. The van der Waals surface area contributed by atoms with Crippen LogP contribution in [-0.4, -0.2) is 23.1 Å². The maximum Gasteiger partial charge on any atom is 0.270 e. The van der Waals surface area contributed by atoms with Gasteiger partial charge in [-0.25, -0.2) is 4.99 Å². The van der Waals surface area contributed by atoms with E-state index in [2.05, 4.69) is 10.3 Å². The third kappa shape index (κ3) is 4.62. The summed E-state index contributed by atoms with van der Waals surface area (Å²) >= 11 is 7.34. The van der Waals surface area contributed by atoms with Gasteiger partial charge in [0.25, 0.3) is 11.6 Å². The number of aliphatic imine (C=N–C) groups is 1. The van der Waals surface area contributed by atoms with Crippen molar-refractivity contribution in [2.24, 2.45) is 4.99 Å². The molecule has 0 radical (unpaired) electrons. The van der Waals surface area contributed by atoms with Crippen LogP contribution in [0.15, 0.2) is 68.9 Å². The molecule has 0 unspecified atom stereocenters. The van der Waals surface area contributed by atoms with Gasteiger partial charge in [0, 0.05) is 23.8 Å². The van der Waals surface area contributed by atoms with E-state index in [0.717, 1.165) is 5.75 Å². The Hall–Kier alpha value is -3.56. The number of ether oxygens (including phenoxy) is 1. The van der Waals surface area contributed by atoms with Crippen LogP contribution in [0.25, 0.3) is 17.4 Å². The van der Waals surface area contributed by atoms with E-state index in [1.807, 2.05) is 0 Å². The number of benzene rings is 2. The predicted octanol–water partition coefficient (Wildman–Crippen LogP) is 5.41. The van der Waals surface area contributed by atoms with Gasteiger partial charge < -0.3 is 14.5 Å². The van der Waals surface area contributed by atoms with Gasteiger partial charge in [-0.05, 0) is 54.2 Å². The molecule has 1 amide bonds. The number of nitrogens with one attached hydrogen (secondary N) is 1. The number of carbonyl (C=O) groups excluding carboxylic acids is 1. The van der Waals surface area contributed by atoms with E-state index in [4.69, 9.17) is 20.8 Å². The summed E-state index contributed by atoms with van der Waals surface area (Å²) < 4.78 is 10.9. The van der Waals surface area contributed by atoms with Crippen molar-refractivity contribution in [3.8, 4) is 17.1 Å². The number of carbonyl (C=O) groups is 1. The van der Waals surface area contributed by atoms with E-state index in [9.17, 15) is 14.9 Å².